The molecule has 1 aliphatic rings. The SMILES string of the molecule is O=c1cc(OCc2ccc(Cl)cn2)ccn1-c1ccc(OC[C@@H](O)C2CC2)cc1. The smallest absolute Gasteiger partial charge is 0.258 e. The van der Waals surface area contributed by atoms with Crippen LogP contribution in [0, 0.1) is 5.92 Å². The molecule has 1 fully saturated rings. The molecule has 0 spiro atoms. The summed E-state index contributed by atoms with van der Waals surface area (Å²) in [4.78, 5) is 16.6. The molecular formula is C22H21ClN2O4. The third-order valence-corrected chi connectivity index (χ3v) is 4.99. The number of ether oxygens (including phenoxy) is 2. The number of aliphatic hydroxyl groups excluding tert-OH is 1. The Morgan fingerprint density at radius 3 is 2.55 bits per heavy atom. The average Bonchev–Trinajstić information content (AvgIpc) is 3.58. The van der Waals surface area contributed by atoms with Gasteiger partial charge in [0.25, 0.3) is 5.56 Å². The first-order valence-corrected chi connectivity index (χ1v) is 9.83. The fourth-order valence-electron chi connectivity index (χ4n) is 2.91. The Morgan fingerprint density at radius 1 is 1.10 bits per heavy atom. The maximum Gasteiger partial charge on any atom is 0.258 e. The van der Waals surface area contributed by atoms with Crippen LogP contribution in [-0.4, -0.2) is 27.4 Å². The van der Waals surface area contributed by atoms with Crippen molar-refractivity contribution >= 4 is 11.6 Å². The molecule has 29 heavy (non-hydrogen) atoms. The Labute approximate surface area is 173 Å². The van der Waals surface area contributed by atoms with Crippen LogP contribution in [0.5, 0.6) is 11.5 Å². The third kappa shape index (κ3) is 5.16. The maximum absolute atomic E-state index is 12.5. The molecule has 1 aliphatic carbocycles. The molecule has 1 saturated carbocycles. The summed E-state index contributed by atoms with van der Waals surface area (Å²) in [6, 6.07) is 13.9. The lowest BCUT2D eigenvalue weighted by molar-refractivity contribution is 0.0894. The number of aromatic nitrogens is 2. The van der Waals surface area contributed by atoms with Gasteiger partial charge in [-0.25, -0.2) is 0 Å². The summed E-state index contributed by atoms with van der Waals surface area (Å²) in [6.07, 6.45) is 4.95. The molecule has 0 amide bonds. The van der Waals surface area contributed by atoms with Crippen LogP contribution in [0.15, 0.2) is 65.7 Å². The van der Waals surface area contributed by atoms with Crippen LogP contribution < -0.4 is 15.0 Å². The third-order valence-electron chi connectivity index (χ3n) is 4.77. The molecule has 0 unspecified atom stereocenters. The van der Waals surface area contributed by atoms with E-state index in [-0.39, 0.29) is 12.2 Å². The van der Waals surface area contributed by atoms with Crippen LogP contribution in [0.25, 0.3) is 5.69 Å². The number of benzene rings is 1. The monoisotopic (exact) mass is 412 g/mol. The second kappa shape index (κ2) is 8.68. The van der Waals surface area contributed by atoms with Crippen LogP contribution in [-0.2, 0) is 6.61 Å². The Kier molecular flexibility index (Phi) is 5.83. The first-order chi connectivity index (χ1) is 14.1. The molecule has 0 radical (unpaired) electrons. The van der Waals surface area contributed by atoms with Gasteiger partial charge >= 0.3 is 0 Å². The van der Waals surface area contributed by atoms with Crippen molar-refractivity contribution in [3.63, 3.8) is 0 Å². The largest absolute Gasteiger partial charge is 0.491 e. The van der Waals surface area contributed by atoms with E-state index in [9.17, 15) is 9.90 Å². The summed E-state index contributed by atoms with van der Waals surface area (Å²) >= 11 is 5.81. The van der Waals surface area contributed by atoms with Crippen molar-refractivity contribution in [2.24, 2.45) is 5.92 Å². The number of aliphatic hydroxyl groups is 1. The highest BCUT2D eigenvalue weighted by molar-refractivity contribution is 6.30. The van der Waals surface area contributed by atoms with Gasteiger partial charge in [-0.05, 0) is 61.2 Å². The Hall–Kier alpha value is -2.83. The molecule has 6 nitrogen and oxygen atoms in total. The second-order valence-electron chi connectivity index (χ2n) is 7.04. The molecule has 0 bridgehead atoms. The van der Waals surface area contributed by atoms with Crippen molar-refractivity contribution in [1.82, 2.24) is 9.55 Å². The summed E-state index contributed by atoms with van der Waals surface area (Å²) in [5.74, 6) is 1.51. The number of nitrogens with zero attached hydrogens (tertiary/aromatic N) is 2. The molecule has 1 aromatic carbocycles. The highest BCUT2D eigenvalue weighted by Crippen LogP contribution is 2.32. The molecule has 1 atom stereocenters. The van der Waals surface area contributed by atoms with Crippen molar-refractivity contribution in [2.75, 3.05) is 6.61 Å². The van der Waals surface area contributed by atoms with E-state index in [0.717, 1.165) is 24.2 Å². The molecule has 7 heteroatoms. The minimum absolute atomic E-state index is 0.204. The minimum Gasteiger partial charge on any atom is -0.491 e. The van der Waals surface area contributed by atoms with Gasteiger partial charge in [-0.1, -0.05) is 11.6 Å². The van der Waals surface area contributed by atoms with Crippen LogP contribution in [0.4, 0.5) is 0 Å². The maximum atomic E-state index is 12.5. The zero-order valence-electron chi connectivity index (χ0n) is 15.7. The zero-order chi connectivity index (χ0) is 20.2. The number of hydrogen-bond donors (Lipinski definition) is 1. The van der Waals surface area contributed by atoms with Gasteiger partial charge in [0.15, 0.2) is 0 Å². The quantitative estimate of drug-likeness (QED) is 0.611. The van der Waals surface area contributed by atoms with Crippen LogP contribution in [0.2, 0.25) is 5.02 Å². The van der Waals surface area contributed by atoms with Crippen LogP contribution in [0.3, 0.4) is 0 Å². The molecule has 2 aromatic heterocycles. The summed E-state index contributed by atoms with van der Waals surface area (Å²) in [5, 5.41) is 10.4. The van der Waals surface area contributed by atoms with E-state index < -0.39 is 6.10 Å². The first kappa shape index (κ1) is 19.5. The molecule has 4 rings (SSSR count). The average molecular weight is 413 g/mol. The predicted molar refractivity (Wildman–Crippen MR) is 110 cm³/mol. The van der Waals surface area contributed by atoms with E-state index in [4.69, 9.17) is 21.1 Å². The molecule has 2 heterocycles. The predicted octanol–water partition coefficient (Wildman–Crippen LogP) is 3.61. The summed E-state index contributed by atoms with van der Waals surface area (Å²) in [6.45, 7) is 0.540. The van der Waals surface area contributed by atoms with Crippen molar-refractivity contribution in [3.8, 4) is 17.2 Å². The standard InChI is InChI=1S/C22H21ClN2O4/c23-16-3-4-17(24-12-16)13-28-20-9-10-25(22(27)11-20)18-5-7-19(8-6-18)29-14-21(26)15-1-2-15/h3-12,15,21,26H,1-2,13-14H2/t21-/m1/s1. The number of rotatable bonds is 8. The molecule has 0 saturated heterocycles. The van der Waals surface area contributed by atoms with Crippen molar-refractivity contribution in [3.05, 3.63) is 82.0 Å². The van der Waals surface area contributed by atoms with E-state index in [1.165, 1.54) is 10.6 Å². The van der Waals surface area contributed by atoms with Gasteiger partial charge in [-0.2, -0.15) is 0 Å². The van der Waals surface area contributed by atoms with E-state index in [1.54, 1.807) is 54.9 Å². The first-order valence-electron chi connectivity index (χ1n) is 9.46. The van der Waals surface area contributed by atoms with Crippen molar-refractivity contribution < 1.29 is 14.6 Å². The molecule has 3 aromatic rings. The van der Waals surface area contributed by atoms with Crippen LogP contribution >= 0.6 is 11.6 Å². The lowest BCUT2D eigenvalue weighted by Gasteiger charge is -2.12. The Morgan fingerprint density at radius 2 is 1.90 bits per heavy atom. The number of halogens is 1. The van der Waals surface area contributed by atoms with E-state index in [2.05, 4.69) is 4.98 Å². The number of hydrogen-bond acceptors (Lipinski definition) is 5. The Bertz CT molecular complexity index is 1010. The van der Waals surface area contributed by atoms with E-state index in [0.29, 0.717) is 29.0 Å². The normalized spacial score (nSPS) is 14.4. The fourth-order valence-corrected chi connectivity index (χ4v) is 3.03. The fraction of sp³-hybridized carbons (Fsp3) is 0.273. The van der Waals surface area contributed by atoms with Gasteiger partial charge in [0.2, 0.25) is 0 Å². The number of pyridine rings is 2. The van der Waals surface area contributed by atoms with Crippen molar-refractivity contribution in [1.29, 1.82) is 0 Å². The van der Waals surface area contributed by atoms with Gasteiger partial charge in [0.1, 0.15) is 24.7 Å². The summed E-state index contributed by atoms with van der Waals surface area (Å²) in [5.41, 5.74) is 1.24. The molecular weight excluding hydrogens is 392 g/mol. The van der Waals surface area contributed by atoms with Gasteiger partial charge in [-0.15, -0.1) is 0 Å². The van der Waals surface area contributed by atoms with Gasteiger partial charge < -0.3 is 14.6 Å². The second-order valence-corrected chi connectivity index (χ2v) is 7.47. The molecule has 1 N–H and O–H groups in total. The Balaban J connectivity index is 1.38. The topological polar surface area (TPSA) is 73.6 Å². The lowest BCUT2D eigenvalue weighted by atomic mass is 10.2. The zero-order valence-corrected chi connectivity index (χ0v) is 16.5. The minimum atomic E-state index is -0.409. The van der Waals surface area contributed by atoms with Gasteiger partial charge in [0, 0.05) is 24.1 Å². The van der Waals surface area contributed by atoms with Gasteiger partial charge in [0.05, 0.1) is 16.8 Å². The highest BCUT2D eigenvalue weighted by Gasteiger charge is 2.29. The lowest BCUT2D eigenvalue weighted by Crippen LogP contribution is -2.19. The van der Waals surface area contributed by atoms with Gasteiger partial charge in [-0.3, -0.25) is 14.3 Å². The molecule has 0 aliphatic heterocycles. The highest BCUT2D eigenvalue weighted by atomic mass is 35.5. The van der Waals surface area contributed by atoms with E-state index in [1.807, 2.05) is 0 Å². The summed E-state index contributed by atoms with van der Waals surface area (Å²) in [7, 11) is 0. The van der Waals surface area contributed by atoms with Crippen molar-refractivity contribution in [2.45, 2.75) is 25.6 Å². The molecule has 150 valence electrons. The van der Waals surface area contributed by atoms with E-state index >= 15 is 0 Å². The van der Waals surface area contributed by atoms with Crippen LogP contribution in [0.1, 0.15) is 18.5 Å². The summed E-state index contributed by atoms with van der Waals surface area (Å²) < 4.78 is 12.8.